The quantitative estimate of drug-likeness (QED) is 0.329. The molecular formula is C25H29N5O4S2. The molecule has 4 heterocycles. The van der Waals surface area contributed by atoms with Gasteiger partial charge in [-0.15, -0.1) is 0 Å². The van der Waals surface area contributed by atoms with Crippen LogP contribution in [0.5, 0.6) is 5.19 Å². The maximum atomic E-state index is 11.7. The number of anilines is 1. The van der Waals surface area contributed by atoms with Crippen LogP contribution < -0.4 is 9.64 Å². The zero-order chi connectivity index (χ0) is 25.4. The zero-order valence-corrected chi connectivity index (χ0v) is 22.3. The molecule has 0 N–H and O–H groups in total. The molecule has 1 aliphatic heterocycles. The van der Waals surface area contributed by atoms with Gasteiger partial charge in [0.2, 0.25) is 0 Å². The Labute approximate surface area is 214 Å². The maximum Gasteiger partial charge on any atom is 0.324 e. The second-order valence-corrected chi connectivity index (χ2v) is 12.5. The monoisotopic (exact) mass is 527 g/mol. The summed E-state index contributed by atoms with van der Waals surface area (Å²) < 4.78 is 35.1. The number of fused-ring (bicyclic) bond motifs is 1. The molecule has 4 aromatic rings. The Morgan fingerprint density at radius 3 is 2.39 bits per heavy atom. The highest BCUT2D eigenvalue weighted by molar-refractivity contribution is 7.90. The number of aromatic nitrogens is 4. The van der Waals surface area contributed by atoms with Crippen LogP contribution in [0, 0.1) is 5.92 Å². The fourth-order valence-electron chi connectivity index (χ4n) is 4.29. The molecule has 1 aromatic carbocycles. The molecule has 1 aliphatic rings. The van der Waals surface area contributed by atoms with Gasteiger partial charge in [-0.3, -0.25) is 0 Å². The molecule has 1 saturated heterocycles. The summed E-state index contributed by atoms with van der Waals surface area (Å²) >= 11 is 1.42. The van der Waals surface area contributed by atoms with E-state index in [4.69, 9.17) is 14.2 Å². The Morgan fingerprint density at radius 2 is 1.75 bits per heavy atom. The molecule has 11 heteroatoms. The van der Waals surface area contributed by atoms with Gasteiger partial charge in [0, 0.05) is 30.8 Å². The first kappa shape index (κ1) is 24.6. The van der Waals surface area contributed by atoms with Crippen molar-refractivity contribution < 1.29 is 17.7 Å². The first-order valence-electron chi connectivity index (χ1n) is 12.0. The van der Waals surface area contributed by atoms with Crippen molar-refractivity contribution in [3.8, 4) is 16.5 Å². The second kappa shape index (κ2) is 9.78. The minimum Gasteiger partial charge on any atom is -0.467 e. The summed E-state index contributed by atoms with van der Waals surface area (Å²) in [6, 6.07) is 11.2. The first-order chi connectivity index (χ1) is 17.2. The molecule has 3 aromatic heterocycles. The van der Waals surface area contributed by atoms with E-state index in [1.54, 1.807) is 24.3 Å². The fourth-order valence-corrected chi connectivity index (χ4v) is 5.79. The van der Waals surface area contributed by atoms with E-state index >= 15 is 0 Å². The smallest absolute Gasteiger partial charge is 0.324 e. The average Bonchev–Trinajstić information content (AvgIpc) is 3.50. The Balaban J connectivity index is 1.22. The third-order valence-corrected chi connectivity index (χ3v) is 8.51. The molecule has 0 amide bonds. The van der Waals surface area contributed by atoms with E-state index in [-0.39, 0.29) is 16.9 Å². The summed E-state index contributed by atoms with van der Waals surface area (Å²) in [6.07, 6.45) is 3.16. The molecule has 36 heavy (non-hydrogen) atoms. The average molecular weight is 528 g/mol. The normalized spacial score (nSPS) is 16.1. The van der Waals surface area contributed by atoms with Crippen LogP contribution in [-0.4, -0.2) is 54.0 Å². The lowest BCUT2D eigenvalue weighted by atomic mass is 9.92. The summed E-state index contributed by atoms with van der Waals surface area (Å²) in [5.41, 5.74) is 2.40. The standard InChI is InChI=1S/C25H29N5O4S2/c1-15(2)22-28-24(34-29-22)30-13-11-17(12-14-30)16(3)33-25-27-21-10-9-20(26-23(21)35-25)18-5-7-19(8-6-18)36(4,31)32/h5-10,15-17H,11-14H2,1-4H3/t16-/m1/s1. The molecule has 0 radical (unpaired) electrons. The van der Waals surface area contributed by atoms with Gasteiger partial charge in [0.15, 0.2) is 15.7 Å². The maximum absolute atomic E-state index is 11.7. The number of ether oxygens (including phenoxy) is 1. The summed E-state index contributed by atoms with van der Waals surface area (Å²) in [4.78, 5) is 17.1. The summed E-state index contributed by atoms with van der Waals surface area (Å²) in [6.45, 7) is 7.90. The Bertz CT molecular complexity index is 1460. The molecule has 9 nitrogen and oxygen atoms in total. The minimum atomic E-state index is -3.23. The highest BCUT2D eigenvalue weighted by atomic mass is 32.2. The number of pyridine rings is 1. The van der Waals surface area contributed by atoms with Crippen molar-refractivity contribution in [2.24, 2.45) is 5.92 Å². The van der Waals surface area contributed by atoms with Crippen LogP contribution in [0.3, 0.4) is 0 Å². The van der Waals surface area contributed by atoms with Crippen molar-refractivity contribution in [1.29, 1.82) is 0 Å². The number of sulfone groups is 1. The van der Waals surface area contributed by atoms with Crippen LogP contribution in [0.4, 0.5) is 6.01 Å². The number of piperidine rings is 1. The second-order valence-electron chi connectivity index (χ2n) is 9.53. The molecule has 0 saturated carbocycles. The fraction of sp³-hybridized carbons (Fsp3) is 0.440. The van der Waals surface area contributed by atoms with Gasteiger partial charge in [0.05, 0.1) is 10.6 Å². The first-order valence-corrected chi connectivity index (χ1v) is 14.7. The SMILES string of the molecule is CC(C)c1noc(N2CCC([C@@H](C)Oc3nc4ccc(-c5ccc(S(C)(=O)=O)cc5)nc4s3)CC2)n1. The number of hydrogen-bond donors (Lipinski definition) is 0. The Kier molecular flexibility index (Phi) is 6.69. The molecule has 190 valence electrons. The van der Waals surface area contributed by atoms with Crippen molar-refractivity contribution in [2.45, 2.75) is 50.5 Å². The van der Waals surface area contributed by atoms with Crippen molar-refractivity contribution in [1.82, 2.24) is 20.1 Å². The number of hydrogen-bond acceptors (Lipinski definition) is 10. The van der Waals surface area contributed by atoms with Crippen LogP contribution in [0.2, 0.25) is 0 Å². The molecule has 0 aliphatic carbocycles. The third kappa shape index (κ3) is 5.22. The number of nitrogens with zero attached hydrogens (tertiary/aromatic N) is 5. The van der Waals surface area contributed by atoms with E-state index in [1.165, 1.54) is 17.6 Å². The number of rotatable bonds is 7. The van der Waals surface area contributed by atoms with Crippen LogP contribution in [-0.2, 0) is 9.84 Å². The van der Waals surface area contributed by atoms with Gasteiger partial charge in [0.25, 0.3) is 5.19 Å². The van der Waals surface area contributed by atoms with Gasteiger partial charge < -0.3 is 14.2 Å². The molecule has 1 fully saturated rings. The van der Waals surface area contributed by atoms with Gasteiger partial charge in [-0.25, -0.2) is 18.4 Å². The number of thiazole rings is 1. The highest BCUT2D eigenvalue weighted by Gasteiger charge is 2.28. The van der Waals surface area contributed by atoms with E-state index in [0.29, 0.717) is 17.1 Å². The summed E-state index contributed by atoms with van der Waals surface area (Å²) in [7, 11) is -3.23. The lowest BCUT2D eigenvalue weighted by molar-refractivity contribution is 0.131. The van der Waals surface area contributed by atoms with E-state index in [2.05, 4.69) is 40.8 Å². The van der Waals surface area contributed by atoms with Crippen molar-refractivity contribution in [2.75, 3.05) is 24.2 Å². The molecule has 5 rings (SSSR count). The molecular weight excluding hydrogens is 498 g/mol. The van der Waals surface area contributed by atoms with Gasteiger partial charge in [0.1, 0.15) is 16.5 Å². The predicted molar refractivity (Wildman–Crippen MR) is 139 cm³/mol. The topological polar surface area (TPSA) is 111 Å². The predicted octanol–water partition coefficient (Wildman–Crippen LogP) is 4.95. The summed E-state index contributed by atoms with van der Waals surface area (Å²) in [5.74, 6) is 1.38. The molecule has 0 spiro atoms. The van der Waals surface area contributed by atoms with Crippen molar-refractivity contribution in [3.63, 3.8) is 0 Å². The van der Waals surface area contributed by atoms with Crippen LogP contribution in [0.1, 0.15) is 45.4 Å². The number of benzene rings is 1. The van der Waals surface area contributed by atoms with Gasteiger partial charge in [-0.05, 0) is 49.9 Å². The summed E-state index contributed by atoms with van der Waals surface area (Å²) in [5, 5.41) is 4.68. The largest absolute Gasteiger partial charge is 0.467 e. The lowest BCUT2D eigenvalue weighted by Crippen LogP contribution is -2.38. The molecule has 0 unspecified atom stereocenters. The Morgan fingerprint density at radius 1 is 1.03 bits per heavy atom. The Hall–Kier alpha value is -3.05. The van der Waals surface area contributed by atoms with Crippen LogP contribution in [0.25, 0.3) is 21.6 Å². The molecule has 1 atom stereocenters. The van der Waals surface area contributed by atoms with Crippen LogP contribution in [0.15, 0.2) is 45.8 Å². The van der Waals surface area contributed by atoms with Gasteiger partial charge >= 0.3 is 6.01 Å². The zero-order valence-electron chi connectivity index (χ0n) is 20.7. The van der Waals surface area contributed by atoms with Crippen molar-refractivity contribution in [3.05, 3.63) is 42.2 Å². The highest BCUT2D eigenvalue weighted by Crippen LogP contribution is 2.32. The van der Waals surface area contributed by atoms with Crippen LogP contribution >= 0.6 is 11.3 Å². The van der Waals surface area contributed by atoms with Gasteiger partial charge in [-0.1, -0.05) is 42.5 Å². The van der Waals surface area contributed by atoms with E-state index in [9.17, 15) is 8.42 Å². The lowest BCUT2D eigenvalue weighted by Gasteiger charge is -2.33. The van der Waals surface area contributed by atoms with Crippen molar-refractivity contribution >= 4 is 37.5 Å². The third-order valence-electron chi connectivity index (χ3n) is 6.52. The minimum absolute atomic E-state index is 0.0182. The van der Waals surface area contributed by atoms with E-state index in [0.717, 1.165) is 53.4 Å². The molecule has 0 bridgehead atoms. The van der Waals surface area contributed by atoms with E-state index in [1.807, 2.05) is 12.1 Å². The van der Waals surface area contributed by atoms with Gasteiger partial charge in [-0.2, -0.15) is 4.98 Å². The van der Waals surface area contributed by atoms with E-state index < -0.39 is 9.84 Å².